The van der Waals surface area contributed by atoms with Crippen molar-refractivity contribution in [3.63, 3.8) is 0 Å². The molecule has 0 radical (unpaired) electrons. The molecule has 0 aliphatic carbocycles. The number of nitrogens with zero attached hydrogens (tertiary/aromatic N) is 1. The van der Waals surface area contributed by atoms with Crippen LogP contribution >= 0.6 is 0 Å². The van der Waals surface area contributed by atoms with Crippen LogP contribution in [0.3, 0.4) is 0 Å². The van der Waals surface area contributed by atoms with Crippen molar-refractivity contribution in [1.82, 2.24) is 4.98 Å². The van der Waals surface area contributed by atoms with Gasteiger partial charge in [0, 0.05) is 0 Å². The molecule has 0 saturated heterocycles. The van der Waals surface area contributed by atoms with Crippen molar-refractivity contribution < 1.29 is 4.57 Å². The Morgan fingerprint density at radius 3 is 2.53 bits per heavy atom. The van der Waals surface area contributed by atoms with Crippen molar-refractivity contribution >= 4 is 0 Å². The van der Waals surface area contributed by atoms with Gasteiger partial charge < -0.3 is 0 Å². The van der Waals surface area contributed by atoms with Gasteiger partial charge in [-0.3, -0.25) is 0 Å². The van der Waals surface area contributed by atoms with Gasteiger partial charge in [0.15, 0.2) is 0 Å². The second-order valence-electron chi connectivity index (χ2n) is 3.83. The molecule has 1 unspecified atom stereocenters. The molecular formula is C13H17N2+. The number of hydrogen-bond donors (Lipinski definition) is 1. The third-order valence-electron chi connectivity index (χ3n) is 2.85. The number of nitrogens with one attached hydrogen (secondary N) is 1. The van der Waals surface area contributed by atoms with Gasteiger partial charge in [-0.1, -0.05) is 37.3 Å². The van der Waals surface area contributed by atoms with E-state index in [0.29, 0.717) is 5.92 Å². The van der Waals surface area contributed by atoms with E-state index in [0.717, 1.165) is 6.42 Å². The molecule has 0 bridgehead atoms. The SMILES string of the molecule is CCC(c1ccccc1)c1[nH]cc[n+]1C. The van der Waals surface area contributed by atoms with Gasteiger partial charge in [0.05, 0.1) is 13.0 Å². The normalized spacial score (nSPS) is 12.7. The number of hydrogen-bond acceptors (Lipinski definition) is 0. The monoisotopic (exact) mass is 201 g/mol. The fourth-order valence-corrected chi connectivity index (χ4v) is 2.04. The van der Waals surface area contributed by atoms with Crippen molar-refractivity contribution in [2.24, 2.45) is 7.05 Å². The standard InChI is InChI=1S/C13H16N2/c1-3-12(11-7-5-4-6-8-11)13-14-9-10-15(13)2/h4-10,12H,3H2,1-2H3/p+1. The molecule has 0 saturated carbocycles. The minimum absolute atomic E-state index is 0.464. The van der Waals surface area contributed by atoms with Crippen molar-refractivity contribution in [3.8, 4) is 0 Å². The van der Waals surface area contributed by atoms with Gasteiger partial charge in [0.1, 0.15) is 12.4 Å². The number of aryl methyl sites for hydroxylation is 1. The fraction of sp³-hybridized carbons (Fsp3) is 0.308. The summed E-state index contributed by atoms with van der Waals surface area (Å²) in [4.78, 5) is 3.32. The second-order valence-corrected chi connectivity index (χ2v) is 3.83. The Bertz CT molecular complexity index is 417. The minimum atomic E-state index is 0.464. The van der Waals surface area contributed by atoms with E-state index in [2.05, 4.69) is 60.1 Å². The molecule has 1 aromatic carbocycles. The lowest BCUT2D eigenvalue weighted by molar-refractivity contribution is -0.678. The summed E-state index contributed by atoms with van der Waals surface area (Å²) in [5, 5.41) is 0. The van der Waals surface area contributed by atoms with Crippen LogP contribution in [0.25, 0.3) is 0 Å². The first kappa shape index (κ1) is 9.97. The van der Waals surface area contributed by atoms with E-state index in [1.807, 2.05) is 6.20 Å². The van der Waals surface area contributed by atoms with Crippen molar-refractivity contribution in [3.05, 3.63) is 54.1 Å². The Kier molecular flexibility index (Phi) is 2.86. The first-order valence-corrected chi connectivity index (χ1v) is 5.40. The average Bonchev–Trinajstić information content (AvgIpc) is 2.68. The van der Waals surface area contributed by atoms with Gasteiger partial charge >= 0.3 is 0 Å². The molecule has 15 heavy (non-hydrogen) atoms. The van der Waals surface area contributed by atoms with Crippen LogP contribution in [0.5, 0.6) is 0 Å². The van der Waals surface area contributed by atoms with Gasteiger partial charge in [-0.15, -0.1) is 0 Å². The van der Waals surface area contributed by atoms with Crippen molar-refractivity contribution in [1.29, 1.82) is 0 Å². The summed E-state index contributed by atoms with van der Waals surface area (Å²) in [5.74, 6) is 1.73. The van der Waals surface area contributed by atoms with Crippen LogP contribution in [0.2, 0.25) is 0 Å². The lowest BCUT2D eigenvalue weighted by Crippen LogP contribution is -2.32. The molecule has 78 valence electrons. The van der Waals surface area contributed by atoms with E-state index in [9.17, 15) is 0 Å². The molecular weight excluding hydrogens is 184 g/mol. The van der Waals surface area contributed by atoms with Crippen LogP contribution in [0.4, 0.5) is 0 Å². The van der Waals surface area contributed by atoms with Crippen molar-refractivity contribution in [2.45, 2.75) is 19.3 Å². The van der Waals surface area contributed by atoms with E-state index >= 15 is 0 Å². The second kappa shape index (κ2) is 4.30. The third kappa shape index (κ3) is 1.94. The van der Waals surface area contributed by atoms with Gasteiger partial charge in [0.2, 0.25) is 0 Å². The van der Waals surface area contributed by atoms with Gasteiger partial charge in [-0.25, -0.2) is 9.55 Å². The molecule has 2 rings (SSSR count). The molecule has 2 aromatic rings. The van der Waals surface area contributed by atoms with Crippen LogP contribution in [0.15, 0.2) is 42.7 Å². The minimum Gasteiger partial charge on any atom is -0.247 e. The number of H-pyrrole nitrogens is 1. The average molecular weight is 201 g/mol. The van der Waals surface area contributed by atoms with Gasteiger partial charge in [0.25, 0.3) is 5.82 Å². The van der Waals surface area contributed by atoms with Crippen molar-refractivity contribution in [2.75, 3.05) is 0 Å². The predicted molar refractivity (Wildman–Crippen MR) is 60.5 cm³/mol. The highest BCUT2D eigenvalue weighted by Gasteiger charge is 2.20. The summed E-state index contributed by atoms with van der Waals surface area (Å²) in [5.41, 5.74) is 1.37. The zero-order valence-corrected chi connectivity index (χ0v) is 9.27. The number of imidazole rings is 1. The molecule has 0 aliphatic rings. The maximum atomic E-state index is 3.32. The maximum absolute atomic E-state index is 3.32. The van der Waals surface area contributed by atoms with E-state index in [4.69, 9.17) is 0 Å². The summed E-state index contributed by atoms with van der Waals surface area (Å²) >= 11 is 0. The van der Waals surface area contributed by atoms with E-state index < -0.39 is 0 Å². The number of aromatic amines is 1. The highest BCUT2D eigenvalue weighted by Crippen LogP contribution is 2.23. The van der Waals surface area contributed by atoms with Crippen LogP contribution in [-0.2, 0) is 7.05 Å². The van der Waals surface area contributed by atoms with Gasteiger partial charge in [-0.2, -0.15) is 0 Å². The Balaban J connectivity index is 2.37. The molecule has 0 fully saturated rings. The van der Waals surface area contributed by atoms with Crippen LogP contribution in [0, 0.1) is 0 Å². The fourth-order valence-electron chi connectivity index (χ4n) is 2.04. The highest BCUT2D eigenvalue weighted by atomic mass is 15.0. The summed E-state index contributed by atoms with van der Waals surface area (Å²) in [6, 6.07) is 10.6. The quantitative estimate of drug-likeness (QED) is 0.736. The lowest BCUT2D eigenvalue weighted by atomic mass is 9.96. The predicted octanol–water partition coefficient (Wildman–Crippen LogP) is 2.38. The Morgan fingerprint density at radius 2 is 2.00 bits per heavy atom. The summed E-state index contributed by atoms with van der Waals surface area (Å²) < 4.78 is 2.15. The molecule has 1 heterocycles. The van der Waals surface area contributed by atoms with Crippen LogP contribution < -0.4 is 4.57 Å². The molecule has 2 heteroatoms. The molecule has 0 aliphatic heterocycles. The lowest BCUT2D eigenvalue weighted by Gasteiger charge is -2.10. The first-order valence-electron chi connectivity index (χ1n) is 5.40. The van der Waals surface area contributed by atoms with Crippen LogP contribution in [0.1, 0.15) is 30.7 Å². The first-order chi connectivity index (χ1) is 7.33. The van der Waals surface area contributed by atoms with E-state index in [-0.39, 0.29) is 0 Å². The zero-order valence-electron chi connectivity index (χ0n) is 9.27. The summed E-state index contributed by atoms with van der Waals surface area (Å²) in [7, 11) is 2.08. The number of aromatic nitrogens is 2. The summed E-state index contributed by atoms with van der Waals surface area (Å²) in [6.45, 7) is 2.22. The molecule has 2 nitrogen and oxygen atoms in total. The molecule has 1 atom stereocenters. The Labute approximate surface area is 90.6 Å². The van der Waals surface area contributed by atoms with Crippen LogP contribution in [-0.4, -0.2) is 4.98 Å². The Hall–Kier alpha value is -1.57. The third-order valence-corrected chi connectivity index (χ3v) is 2.85. The molecule has 0 amide bonds. The van der Waals surface area contributed by atoms with E-state index in [1.54, 1.807) is 0 Å². The van der Waals surface area contributed by atoms with E-state index in [1.165, 1.54) is 11.4 Å². The molecule has 1 aromatic heterocycles. The summed E-state index contributed by atoms with van der Waals surface area (Å²) in [6.07, 6.45) is 5.15. The number of benzene rings is 1. The largest absolute Gasteiger partial charge is 0.261 e. The number of rotatable bonds is 3. The highest BCUT2D eigenvalue weighted by molar-refractivity contribution is 5.23. The smallest absolute Gasteiger partial charge is 0.247 e. The maximum Gasteiger partial charge on any atom is 0.261 e. The van der Waals surface area contributed by atoms with Gasteiger partial charge in [-0.05, 0) is 12.0 Å². The molecule has 1 N–H and O–H groups in total. The molecule has 0 spiro atoms. The topological polar surface area (TPSA) is 19.7 Å². The zero-order chi connectivity index (χ0) is 10.7. The Morgan fingerprint density at radius 1 is 1.27 bits per heavy atom.